The molecule has 0 saturated carbocycles. The van der Waals surface area contributed by atoms with Gasteiger partial charge in [0.2, 0.25) is 0 Å². The van der Waals surface area contributed by atoms with E-state index in [1.54, 1.807) is 0 Å². The van der Waals surface area contributed by atoms with E-state index in [0.717, 1.165) is 28.0 Å². The SMILES string of the molecule is C=C(N=C(N=C(C)c1cccc(-c2ccc(-c3ccc4sc5ccccc5c4c3)cc2C)c1)c1ccccc1)c1ccccc1. The zero-order valence-corrected chi connectivity index (χ0v) is 26.2. The summed E-state index contributed by atoms with van der Waals surface area (Å²) in [7, 11) is 0. The molecule has 0 unspecified atom stereocenters. The lowest BCUT2D eigenvalue weighted by molar-refractivity contribution is 1.43. The zero-order chi connectivity index (χ0) is 30.8. The Kier molecular flexibility index (Phi) is 7.77. The van der Waals surface area contributed by atoms with Gasteiger partial charge in [-0.15, -0.1) is 11.3 Å². The minimum absolute atomic E-state index is 0.642. The van der Waals surface area contributed by atoms with Crippen LogP contribution >= 0.6 is 11.3 Å². The van der Waals surface area contributed by atoms with E-state index in [0.29, 0.717) is 11.5 Å². The second-order valence-electron chi connectivity index (χ2n) is 11.2. The van der Waals surface area contributed by atoms with Crippen LogP contribution in [-0.4, -0.2) is 11.5 Å². The van der Waals surface area contributed by atoms with Gasteiger partial charge in [-0.1, -0.05) is 128 Å². The third-order valence-corrected chi connectivity index (χ3v) is 9.33. The first-order chi connectivity index (χ1) is 22.0. The van der Waals surface area contributed by atoms with Crippen LogP contribution in [0.1, 0.15) is 29.2 Å². The molecule has 6 aromatic carbocycles. The lowest BCUT2D eigenvalue weighted by Crippen LogP contribution is -2.04. The molecule has 0 amide bonds. The van der Waals surface area contributed by atoms with Crippen molar-refractivity contribution in [3.8, 4) is 22.3 Å². The number of nitrogens with zero attached hydrogens (tertiary/aromatic N) is 2. The van der Waals surface area contributed by atoms with Gasteiger partial charge >= 0.3 is 0 Å². The zero-order valence-electron chi connectivity index (χ0n) is 25.4. The predicted octanol–water partition coefficient (Wildman–Crippen LogP) is 11.6. The molecule has 0 saturated heterocycles. The van der Waals surface area contributed by atoms with E-state index in [2.05, 4.69) is 98.4 Å². The van der Waals surface area contributed by atoms with Crippen LogP contribution in [0.4, 0.5) is 0 Å². The van der Waals surface area contributed by atoms with Gasteiger partial charge < -0.3 is 0 Å². The highest BCUT2D eigenvalue weighted by atomic mass is 32.1. The van der Waals surface area contributed by atoms with Crippen molar-refractivity contribution in [1.29, 1.82) is 0 Å². The summed E-state index contributed by atoms with van der Waals surface area (Å²) in [5.74, 6) is 0.642. The molecule has 0 fully saturated rings. The van der Waals surface area contributed by atoms with Gasteiger partial charge in [0.25, 0.3) is 0 Å². The van der Waals surface area contributed by atoms with Gasteiger partial charge in [0.15, 0.2) is 5.84 Å². The summed E-state index contributed by atoms with van der Waals surface area (Å²) in [4.78, 5) is 9.93. The monoisotopic (exact) mass is 596 g/mol. The van der Waals surface area contributed by atoms with E-state index in [1.165, 1.54) is 42.4 Å². The number of hydrogen-bond donors (Lipinski definition) is 0. The smallest absolute Gasteiger partial charge is 0.160 e. The molecule has 0 spiro atoms. The van der Waals surface area contributed by atoms with Crippen molar-refractivity contribution >= 4 is 48.8 Å². The molecule has 1 aromatic heterocycles. The summed E-state index contributed by atoms with van der Waals surface area (Å²) in [5, 5.41) is 2.65. The van der Waals surface area contributed by atoms with Crippen molar-refractivity contribution in [2.75, 3.05) is 0 Å². The van der Waals surface area contributed by atoms with Crippen LogP contribution in [-0.2, 0) is 0 Å². The molecular weight excluding hydrogens is 565 g/mol. The maximum absolute atomic E-state index is 5.04. The van der Waals surface area contributed by atoms with E-state index in [1.807, 2.05) is 78.9 Å². The second-order valence-corrected chi connectivity index (χ2v) is 12.3. The van der Waals surface area contributed by atoms with Crippen molar-refractivity contribution in [3.05, 3.63) is 174 Å². The topological polar surface area (TPSA) is 24.7 Å². The normalized spacial score (nSPS) is 12.1. The fourth-order valence-electron chi connectivity index (χ4n) is 5.77. The minimum atomic E-state index is 0.642. The summed E-state index contributed by atoms with van der Waals surface area (Å²) in [6, 6.07) is 51.0. The Morgan fingerprint density at radius 2 is 1.18 bits per heavy atom. The van der Waals surface area contributed by atoms with E-state index in [-0.39, 0.29) is 0 Å². The number of aryl methyl sites for hydroxylation is 1. The fraction of sp³-hybridized carbons (Fsp3) is 0.0476. The Balaban J connectivity index is 1.21. The average Bonchev–Trinajstić information content (AvgIpc) is 3.47. The highest BCUT2D eigenvalue weighted by molar-refractivity contribution is 7.25. The number of thiophene rings is 1. The molecule has 3 heteroatoms. The molecule has 7 rings (SSSR count). The Hall–Kier alpha value is -5.38. The van der Waals surface area contributed by atoms with Gasteiger partial charge in [0, 0.05) is 31.4 Å². The first-order valence-corrected chi connectivity index (χ1v) is 15.9. The first-order valence-electron chi connectivity index (χ1n) is 15.1. The van der Waals surface area contributed by atoms with Crippen LogP contribution in [0.5, 0.6) is 0 Å². The molecule has 2 nitrogen and oxygen atoms in total. The number of rotatable bonds is 6. The number of amidine groups is 1. The van der Waals surface area contributed by atoms with Gasteiger partial charge in [-0.3, -0.25) is 0 Å². The molecule has 0 radical (unpaired) electrons. The average molecular weight is 597 g/mol. The van der Waals surface area contributed by atoms with Gasteiger partial charge in [-0.2, -0.15) is 0 Å². The highest BCUT2D eigenvalue weighted by Crippen LogP contribution is 2.37. The summed E-state index contributed by atoms with van der Waals surface area (Å²) >= 11 is 1.85. The van der Waals surface area contributed by atoms with E-state index < -0.39 is 0 Å². The Morgan fingerprint density at radius 1 is 0.533 bits per heavy atom. The highest BCUT2D eigenvalue weighted by Gasteiger charge is 2.11. The Morgan fingerprint density at radius 3 is 1.96 bits per heavy atom. The van der Waals surface area contributed by atoms with E-state index in [4.69, 9.17) is 9.98 Å². The third-order valence-electron chi connectivity index (χ3n) is 8.18. The summed E-state index contributed by atoms with van der Waals surface area (Å²) < 4.78 is 2.66. The molecule has 1 heterocycles. The van der Waals surface area contributed by atoms with Gasteiger partial charge in [-0.05, 0) is 77.1 Å². The Labute approximate surface area is 268 Å². The van der Waals surface area contributed by atoms with E-state index >= 15 is 0 Å². The Bertz CT molecular complexity index is 2240. The van der Waals surface area contributed by atoms with Crippen LogP contribution in [0.2, 0.25) is 0 Å². The summed E-state index contributed by atoms with van der Waals surface area (Å²) in [6.45, 7) is 8.47. The molecule has 216 valence electrons. The first kappa shape index (κ1) is 28.4. The van der Waals surface area contributed by atoms with Crippen molar-refractivity contribution in [2.24, 2.45) is 9.98 Å². The number of aliphatic imine (C=N–C) groups is 2. The summed E-state index contributed by atoms with van der Waals surface area (Å²) in [5.41, 5.74) is 10.6. The third kappa shape index (κ3) is 5.91. The maximum atomic E-state index is 5.04. The molecule has 7 aromatic rings. The van der Waals surface area contributed by atoms with Crippen molar-refractivity contribution in [2.45, 2.75) is 13.8 Å². The number of fused-ring (bicyclic) bond motifs is 3. The van der Waals surface area contributed by atoms with Crippen LogP contribution < -0.4 is 0 Å². The number of hydrogen-bond acceptors (Lipinski definition) is 2. The molecule has 0 N–H and O–H groups in total. The quantitative estimate of drug-likeness (QED) is 0.135. The van der Waals surface area contributed by atoms with Crippen LogP contribution in [0.25, 0.3) is 48.1 Å². The van der Waals surface area contributed by atoms with Gasteiger partial charge in [0.1, 0.15) is 0 Å². The standard InChI is InChI=1S/C42H32N2S/c1-28-25-34(35-22-24-41-39(27-35)38-19-10-11-20-40(38)45-41)21-23-37(28)36-18-12-17-33(26-36)30(3)44-42(32-15-8-5-9-16-32)43-29(2)31-13-6-4-7-14-31/h4-27H,2H2,1,3H3. The molecule has 0 aliphatic carbocycles. The second kappa shape index (κ2) is 12.3. The molecular formula is C42H32N2S. The number of benzene rings is 6. The molecule has 0 atom stereocenters. The van der Waals surface area contributed by atoms with Crippen LogP contribution in [0.15, 0.2) is 162 Å². The lowest BCUT2D eigenvalue weighted by atomic mass is 9.94. The molecule has 45 heavy (non-hydrogen) atoms. The largest absolute Gasteiger partial charge is 0.233 e. The lowest BCUT2D eigenvalue weighted by Gasteiger charge is -2.12. The van der Waals surface area contributed by atoms with Crippen LogP contribution in [0.3, 0.4) is 0 Å². The van der Waals surface area contributed by atoms with Crippen molar-refractivity contribution < 1.29 is 0 Å². The van der Waals surface area contributed by atoms with Crippen LogP contribution in [0, 0.1) is 6.92 Å². The molecule has 0 aliphatic heterocycles. The predicted molar refractivity (Wildman–Crippen MR) is 196 cm³/mol. The molecule has 0 bridgehead atoms. The minimum Gasteiger partial charge on any atom is -0.233 e. The van der Waals surface area contributed by atoms with Gasteiger partial charge in [-0.25, -0.2) is 9.98 Å². The van der Waals surface area contributed by atoms with Crippen molar-refractivity contribution in [3.63, 3.8) is 0 Å². The fourth-order valence-corrected chi connectivity index (χ4v) is 6.86. The molecule has 0 aliphatic rings. The van der Waals surface area contributed by atoms with Crippen molar-refractivity contribution in [1.82, 2.24) is 0 Å². The van der Waals surface area contributed by atoms with E-state index in [9.17, 15) is 0 Å². The maximum Gasteiger partial charge on any atom is 0.160 e. The van der Waals surface area contributed by atoms with Gasteiger partial charge in [0.05, 0.1) is 5.70 Å². The summed E-state index contributed by atoms with van der Waals surface area (Å²) in [6.07, 6.45) is 0.